The highest BCUT2D eigenvalue weighted by Gasteiger charge is 2.35. The lowest BCUT2D eigenvalue weighted by atomic mass is 10.1. The summed E-state index contributed by atoms with van der Waals surface area (Å²) in [6.07, 6.45) is 1.65. The van der Waals surface area contributed by atoms with E-state index < -0.39 is 5.97 Å². The summed E-state index contributed by atoms with van der Waals surface area (Å²) in [6, 6.07) is 17.8. The third-order valence-corrected chi connectivity index (χ3v) is 7.16. The van der Waals surface area contributed by atoms with Crippen LogP contribution in [0, 0.1) is 10.5 Å². The molecule has 7 nitrogen and oxygen atoms in total. The van der Waals surface area contributed by atoms with Crippen LogP contribution in [-0.2, 0) is 11.3 Å². The lowest BCUT2D eigenvalue weighted by Crippen LogP contribution is -2.27. The highest BCUT2D eigenvalue weighted by molar-refractivity contribution is 14.1. The largest absolute Gasteiger partial charge is 0.497 e. The first-order valence-corrected chi connectivity index (χ1v) is 13.3. The molecule has 1 fully saturated rings. The van der Waals surface area contributed by atoms with Crippen LogP contribution in [0.4, 0.5) is 4.79 Å². The number of amides is 2. The minimum Gasteiger partial charge on any atom is -0.497 e. The summed E-state index contributed by atoms with van der Waals surface area (Å²) in [5.74, 6) is 0.397. The van der Waals surface area contributed by atoms with Crippen molar-refractivity contribution < 1.29 is 28.6 Å². The maximum absolute atomic E-state index is 13.0. The Labute approximate surface area is 232 Å². The minimum atomic E-state index is -0.536. The Morgan fingerprint density at radius 1 is 1.08 bits per heavy atom. The lowest BCUT2D eigenvalue weighted by molar-refractivity contribution is -0.123. The van der Waals surface area contributed by atoms with Crippen molar-refractivity contribution in [2.24, 2.45) is 0 Å². The Hall–Kier alpha value is -3.31. The van der Waals surface area contributed by atoms with E-state index in [1.54, 1.807) is 49.6 Å². The van der Waals surface area contributed by atoms with Gasteiger partial charge in [-0.25, -0.2) is 4.79 Å². The molecule has 1 heterocycles. The number of benzene rings is 3. The van der Waals surface area contributed by atoms with Gasteiger partial charge in [0, 0.05) is 0 Å². The Balaban J connectivity index is 1.57. The Morgan fingerprint density at radius 3 is 2.51 bits per heavy atom. The molecule has 0 unspecified atom stereocenters. The maximum atomic E-state index is 13.0. The molecule has 0 radical (unpaired) electrons. The molecule has 1 aliphatic rings. The van der Waals surface area contributed by atoms with E-state index in [1.807, 2.05) is 38.1 Å². The number of imide groups is 1. The first-order chi connectivity index (χ1) is 17.8. The molecule has 1 saturated heterocycles. The van der Waals surface area contributed by atoms with Crippen LogP contribution in [0.15, 0.2) is 65.6 Å². The number of carbonyl (C=O) groups excluding carboxylic acids is 3. The predicted molar refractivity (Wildman–Crippen MR) is 151 cm³/mol. The number of ether oxygens (including phenoxy) is 3. The molecule has 190 valence electrons. The molecule has 0 atom stereocenters. The van der Waals surface area contributed by atoms with Crippen molar-refractivity contribution in [2.45, 2.75) is 20.4 Å². The molecule has 0 spiro atoms. The van der Waals surface area contributed by atoms with Gasteiger partial charge < -0.3 is 14.2 Å². The first kappa shape index (κ1) is 26.7. The average molecular weight is 629 g/mol. The van der Waals surface area contributed by atoms with Gasteiger partial charge >= 0.3 is 5.97 Å². The molecule has 37 heavy (non-hydrogen) atoms. The van der Waals surface area contributed by atoms with Crippen LogP contribution in [0.2, 0.25) is 0 Å². The van der Waals surface area contributed by atoms with Gasteiger partial charge in [-0.15, -0.1) is 0 Å². The molecule has 0 aliphatic carbocycles. The molecule has 2 amide bonds. The number of esters is 1. The molecule has 1 aliphatic heterocycles. The maximum Gasteiger partial charge on any atom is 0.343 e. The topological polar surface area (TPSA) is 82.1 Å². The van der Waals surface area contributed by atoms with Crippen LogP contribution in [0.25, 0.3) is 6.08 Å². The van der Waals surface area contributed by atoms with E-state index in [2.05, 4.69) is 22.6 Å². The summed E-state index contributed by atoms with van der Waals surface area (Å²) in [4.78, 5) is 39.9. The van der Waals surface area contributed by atoms with Gasteiger partial charge in [0.15, 0.2) is 11.5 Å². The Bertz CT molecular complexity index is 1390. The van der Waals surface area contributed by atoms with Gasteiger partial charge in [0.1, 0.15) is 5.75 Å². The smallest absolute Gasteiger partial charge is 0.343 e. The second kappa shape index (κ2) is 11.8. The van der Waals surface area contributed by atoms with Gasteiger partial charge in [0.2, 0.25) is 0 Å². The van der Waals surface area contributed by atoms with Crippen molar-refractivity contribution in [3.8, 4) is 17.2 Å². The van der Waals surface area contributed by atoms with E-state index in [9.17, 15) is 14.4 Å². The van der Waals surface area contributed by atoms with Crippen LogP contribution < -0.4 is 14.2 Å². The van der Waals surface area contributed by atoms with Crippen molar-refractivity contribution >= 4 is 57.5 Å². The number of rotatable bonds is 8. The third kappa shape index (κ3) is 6.34. The van der Waals surface area contributed by atoms with E-state index in [1.165, 1.54) is 4.90 Å². The zero-order valence-corrected chi connectivity index (χ0v) is 23.4. The molecule has 0 aromatic heterocycles. The van der Waals surface area contributed by atoms with Crippen LogP contribution >= 0.6 is 34.4 Å². The molecule has 0 bridgehead atoms. The van der Waals surface area contributed by atoms with E-state index in [0.717, 1.165) is 22.9 Å². The normalized spacial score (nSPS) is 14.3. The monoisotopic (exact) mass is 629 g/mol. The van der Waals surface area contributed by atoms with Gasteiger partial charge in [-0.2, -0.15) is 0 Å². The van der Waals surface area contributed by atoms with E-state index in [0.29, 0.717) is 37.7 Å². The number of hydrogen-bond donors (Lipinski definition) is 0. The highest BCUT2D eigenvalue weighted by Crippen LogP contribution is 2.38. The van der Waals surface area contributed by atoms with E-state index in [-0.39, 0.29) is 23.4 Å². The lowest BCUT2D eigenvalue weighted by Gasteiger charge is -2.14. The van der Waals surface area contributed by atoms with Crippen LogP contribution in [0.1, 0.15) is 34.0 Å². The first-order valence-electron chi connectivity index (χ1n) is 11.4. The van der Waals surface area contributed by atoms with Crippen LogP contribution in [0.3, 0.4) is 0 Å². The number of nitrogens with zero attached hydrogens (tertiary/aromatic N) is 1. The SMILES string of the molecule is CCOc1cc(/C=C2\SC(=O)N(Cc3cccc(C)c3)C2=O)cc(I)c1OC(=O)c1ccc(OC)cc1. The van der Waals surface area contributed by atoms with Crippen LogP contribution in [0.5, 0.6) is 17.2 Å². The number of methoxy groups -OCH3 is 1. The summed E-state index contributed by atoms with van der Waals surface area (Å²) < 4.78 is 17.2. The molecule has 3 aromatic rings. The fourth-order valence-corrected chi connectivity index (χ4v) is 5.27. The fraction of sp³-hybridized carbons (Fsp3) is 0.179. The quantitative estimate of drug-likeness (QED) is 0.122. The summed E-state index contributed by atoms with van der Waals surface area (Å²) in [7, 11) is 1.55. The Kier molecular flexibility index (Phi) is 8.55. The van der Waals surface area contributed by atoms with Gasteiger partial charge in [-0.05, 0) is 102 Å². The number of aryl methyl sites for hydroxylation is 1. The van der Waals surface area contributed by atoms with Gasteiger partial charge in [0.05, 0.1) is 34.3 Å². The molecule has 0 N–H and O–H groups in total. The predicted octanol–water partition coefficient (Wildman–Crippen LogP) is 6.46. The second-order valence-electron chi connectivity index (χ2n) is 8.14. The zero-order valence-electron chi connectivity index (χ0n) is 20.4. The van der Waals surface area contributed by atoms with Crippen molar-refractivity contribution in [3.05, 3.63) is 91.4 Å². The van der Waals surface area contributed by atoms with Crippen molar-refractivity contribution in [3.63, 3.8) is 0 Å². The molecular weight excluding hydrogens is 605 g/mol. The Morgan fingerprint density at radius 2 is 1.84 bits per heavy atom. The zero-order chi connectivity index (χ0) is 26.5. The molecular formula is C28H24INO6S. The number of thioether (sulfide) groups is 1. The van der Waals surface area contributed by atoms with Gasteiger partial charge in [-0.3, -0.25) is 14.5 Å². The summed E-state index contributed by atoms with van der Waals surface area (Å²) in [5, 5.41) is -0.317. The highest BCUT2D eigenvalue weighted by atomic mass is 127. The summed E-state index contributed by atoms with van der Waals surface area (Å²) >= 11 is 2.96. The van der Waals surface area contributed by atoms with Gasteiger partial charge in [0.25, 0.3) is 11.1 Å². The minimum absolute atomic E-state index is 0.214. The molecule has 3 aromatic carbocycles. The van der Waals surface area contributed by atoms with Crippen molar-refractivity contribution in [1.82, 2.24) is 4.90 Å². The van der Waals surface area contributed by atoms with Crippen LogP contribution in [-0.4, -0.2) is 35.7 Å². The second-order valence-corrected chi connectivity index (χ2v) is 10.3. The third-order valence-electron chi connectivity index (χ3n) is 5.45. The number of carbonyl (C=O) groups is 3. The molecule has 0 saturated carbocycles. The average Bonchev–Trinajstić information content (AvgIpc) is 3.13. The summed E-state index contributed by atoms with van der Waals surface area (Å²) in [6.45, 7) is 4.35. The van der Waals surface area contributed by atoms with Crippen molar-refractivity contribution in [2.75, 3.05) is 13.7 Å². The molecule has 9 heteroatoms. The van der Waals surface area contributed by atoms with E-state index >= 15 is 0 Å². The fourth-order valence-electron chi connectivity index (χ4n) is 3.69. The van der Waals surface area contributed by atoms with Gasteiger partial charge in [-0.1, -0.05) is 29.8 Å². The number of halogens is 1. The number of hydrogen-bond acceptors (Lipinski definition) is 7. The molecule has 4 rings (SSSR count). The summed E-state index contributed by atoms with van der Waals surface area (Å²) in [5.41, 5.74) is 2.97. The van der Waals surface area contributed by atoms with E-state index in [4.69, 9.17) is 14.2 Å². The van der Waals surface area contributed by atoms with Crippen molar-refractivity contribution in [1.29, 1.82) is 0 Å². The standard InChI is InChI=1S/C28H24INO6S/c1-4-35-23-14-19(13-22(29)25(23)36-27(32)20-8-10-21(34-3)11-9-20)15-24-26(31)30(28(33)37-24)16-18-7-5-6-17(2)12-18/h5-15H,4,16H2,1-3H3/b24-15-.